The lowest BCUT2D eigenvalue weighted by molar-refractivity contribution is -0.170. The van der Waals surface area contributed by atoms with Gasteiger partial charge in [0.2, 0.25) is 15.9 Å². The van der Waals surface area contributed by atoms with Gasteiger partial charge in [-0.05, 0) is 93.2 Å². The van der Waals surface area contributed by atoms with E-state index in [9.17, 15) is 23.1 Å². The molecule has 0 radical (unpaired) electrons. The Morgan fingerprint density at radius 1 is 1.05 bits per heavy atom. The van der Waals surface area contributed by atoms with Gasteiger partial charge in [-0.1, -0.05) is 47.5 Å². The quantitative estimate of drug-likeness (QED) is 0.357. The van der Waals surface area contributed by atoms with Gasteiger partial charge < -0.3 is 10.0 Å². The Labute approximate surface area is 245 Å². The molecule has 0 spiro atoms. The van der Waals surface area contributed by atoms with Gasteiger partial charge in [0, 0.05) is 28.5 Å². The number of hydrogen-bond acceptors (Lipinski definition) is 4. The van der Waals surface area contributed by atoms with E-state index in [2.05, 4.69) is 4.72 Å². The first kappa shape index (κ1) is 28.0. The first-order valence-electron chi connectivity index (χ1n) is 14.0. The molecular weight excluding hydrogens is 571 g/mol. The Kier molecular flexibility index (Phi) is 7.00. The summed E-state index contributed by atoms with van der Waals surface area (Å²) in [5.41, 5.74) is -0.519. The van der Waals surface area contributed by atoms with Gasteiger partial charge in [-0.2, -0.15) is 0 Å². The van der Waals surface area contributed by atoms with Crippen LogP contribution in [0.25, 0.3) is 0 Å². The number of rotatable bonds is 10. The third-order valence-electron chi connectivity index (χ3n) is 9.70. The van der Waals surface area contributed by atoms with Crippen molar-refractivity contribution in [2.75, 3.05) is 6.54 Å². The van der Waals surface area contributed by atoms with Gasteiger partial charge in [0.1, 0.15) is 0 Å². The van der Waals surface area contributed by atoms with Crippen molar-refractivity contribution in [3.8, 4) is 0 Å². The number of nitrogens with one attached hydrogen (secondary N) is 1. The molecule has 1 saturated heterocycles. The smallest absolute Gasteiger partial charge is 0.310 e. The van der Waals surface area contributed by atoms with Crippen LogP contribution in [0.3, 0.4) is 0 Å². The molecule has 1 aliphatic heterocycles. The van der Waals surface area contributed by atoms with Gasteiger partial charge in [0.15, 0.2) is 0 Å². The molecule has 0 bridgehead atoms. The predicted molar refractivity (Wildman–Crippen MR) is 154 cm³/mol. The molecule has 1 unspecified atom stereocenters. The van der Waals surface area contributed by atoms with Crippen LogP contribution in [0.4, 0.5) is 0 Å². The number of carbonyl (C=O) groups is 2. The molecule has 1 amide bonds. The predicted octanol–water partition coefficient (Wildman–Crippen LogP) is 5.78. The standard InChI is InChI=1S/C30H34Cl2N2O5S/c1-29(30(13-14-30)28(36)37)16-24(20-3-2-4-22(32)15-20)26(19-7-9-21(31)10-8-19)34(27(29)35)25(18-5-6-18)17-33-40(38,39)23-11-12-23/h2-4,7-10,15,18,23-26,33H,5-6,11-14,16-17H2,1H3,(H,36,37)/t24?,25-,26-,29+/m1/s1. The lowest BCUT2D eigenvalue weighted by Crippen LogP contribution is -2.61. The summed E-state index contributed by atoms with van der Waals surface area (Å²) in [6.45, 7) is 1.91. The molecule has 2 aromatic rings. The summed E-state index contributed by atoms with van der Waals surface area (Å²) in [5.74, 6) is -1.30. The summed E-state index contributed by atoms with van der Waals surface area (Å²) in [5, 5.41) is 11.1. The number of sulfonamides is 1. The van der Waals surface area contributed by atoms with Crippen molar-refractivity contribution in [1.82, 2.24) is 9.62 Å². The molecule has 2 aromatic carbocycles. The van der Waals surface area contributed by atoms with E-state index in [0.717, 1.165) is 24.0 Å². The molecule has 4 atom stereocenters. The van der Waals surface area contributed by atoms with Crippen LogP contribution in [0.2, 0.25) is 10.0 Å². The third kappa shape index (κ3) is 4.85. The number of amides is 1. The van der Waals surface area contributed by atoms with Crippen molar-refractivity contribution in [1.29, 1.82) is 0 Å². The van der Waals surface area contributed by atoms with Crippen molar-refractivity contribution in [3.63, 3.8) is 0 Å². The molecule has 214 valence electrons. The molecule has 7 nitrogen and oxygen atoms in total. The molecule has 0 aromatic heterocycles. The van der Waals surface area contributed by atoms with Crippen LogP contribution in [0.5, 0.6) is 0 Å². The molecule has 40 heavy (non-hydrogen) atoms. The zero-order valence-electron chi connectivity index (χ0n) is 22.4. The summed E-state index contributed by atoms with van der Waals surface area (Å²) in [6, 6.07) is 14.1. The Morgan fingerprint density at radius 2 is 1.73 bits per heavy atom. The van der Waals surface area contributed by atoms with E-state index < -0.39 is 38.9 Å². The molecule has 3 saturated carbocycles. The summed E-state index contributed by atoms with van der Waals surface area (Å²) in [6.07, 6.45) is 4.28. The number of hydrogen-bond donors (Lipinski definition) is 2. The topological polar surface area (TPSA) is 104 Å². The molecule has 3 aliphatic carbocycles. The van der Waals surface area contributed by atoms with Crippen molar-refractivity contribution in [3.05, 3.63) is 69.7 Å². The maximum absolute atomic E-state index is 14.8. The average molecular weight is 606 g/mol. The maximum Gasteiger partial charge on any atom is 0.310 e. The number of nitrogens with zero attached hydrogens (tertiary/aromatic N) is 1. The third-order valence-corrected chi connectivity index (χ3v) is 12.1. The Morgan fingerprint density at radius 3 is 2.27 bits per heavy atom. The molecule has 4 aliphatic rings. The largest absolute Gasteiger partial charge is 0.481 e. The van der Waals surface area contributed by atoms with E-state index >= 15 is 0 Å². The van der Waals surface area contributed by atoms with Crippen LogP contribution in [0.1, 0.15) is 75.0 Å². The van der Waals surface area contributed by atoms with Crippen LogP contribution in [0.15, 0.2) is 48.5 Å². The number of piperidine rings is 1. The van der Waals surface area contributed by atoms with Crippen LogP contribution in [-0.4, -0.2) is 48.1 Å². The Hall–Kier alpha value is -2.13. The zero-order chi connectivity index (χ0) is 28.4. The second kappa shape index (κ2) is 10.0. The maximum atomic E-state index is 14.8. The first-order chi connectivity index (χ1) is 19.0. The number of aliphatic carboxylic acids is 1. The van der Waals surface area contributed by atoms with Crippen molar-refractivity contribution >= 4 is 45.1 Å². The minimum atomic E-state index is -3.48. The van der Waals surface area contributed by atoms with E-state index in [-0.39, 0.29) is 29.5 Å². The molecule has 4 fully saturated rings. The van der Waals surface area contributed by atoms with Gasteiger partial charge >= 0.3 is 5.97 Å². The van der Waals surface area contributed by atoms with E-state index in [1.165, 1.54) is 0 Å². The first-order valence-corrected chi connectivity index (χ1v) is 16.3. The van der Waals surface area contributed by atoms with E-state index in [1.807, 2.05) is 35.2 Å². The van der Waals surface area contributed by atoms with Gasteiger partial charge in [-0.3, -0.25) is 9.59 Å². The molecule has 1 heterocycles. The highest BCUT2D eigenvalue weighted by molar-refractivity contribution is 7.90. The van der Waals surface area contributed by atoms with E-state index in [1.54, 1.807) is 25.1 Å². The molecule has 2 N–H and O–H groups in total. The van der Waals surface area contributed by atoms with Crippen LogP contribution in [-0.2, 0) is 19.6 Å². The fourth-order valence-corrected chi connectivity index (χ4v) is 8.61. The monoisotopic (exact) mass is 604 g/mol. The fourth-order valence-electron chi connectivity index (χ4n) is 6.89. The Balaban J connectivity index is 1.50. The normalized spacial score (nSPS) is 28.8. The lowest BCUT2D eigenvalue weighted by Gasteiger charge is -2.54. The average Bonchev–Trinajstić information content (AvgIpc) is 3.77. The van der Waals surface area contributed by atoms with Gasteiger partial charge in [0.25, 0.3) is 0 Å². The summed E-state index contributed by atoms with van der Waals surface area (Å²) in [4.78, 5) is 29.3. The highest BCUT2D eigenvalue weighted by atomic mass is 35.5. The number of carbonyl (C=O) groups excluding carboxylic acids is 1. The minimum absolute atomic E-state index is 0.109. The number of benzene rings is 2. The molecular formula is C30H34Cl2N2O5S. The number of likely N-dealkylation sites (tertiary alicyclic amines) is 1. The van der Waals surface area contributed by atoms with Crippen LogP contribution < -0.4 is 4.72 Å². The molecule has 6 rings (SSSR count). The zero-order valence-corrected chi connectivity index (χ0v) is 24.7. The van der Waals surface area contributed by atoms with Gasteiger partial charge in [-0.25, -0.2) is 13.1 Å². The van der Waals surface area contributed by atoms with E-state index in [0.29, 0.717) is 42.1 Å². The SMILES string of the molecule is C[C@]1(C2(C(=O)O)CC2)CC(c2cccc(Cl)c2)[C@@H](c2ccc(Cl)cc2)N([C@H](CNS(=O)(=O)C2CC2)C2CC2)C1=O. The molecule has 10 heteroatoms. The second-order valence-corrected chi connectivity index (χ2v) is 15.2. The second-order valence-electron chi connectivity index (χ2n) is 12.3. The van der Waals surface area contributed by atoms with E-state index in [4.69, 9.17) is 23.2 Å². The van der Waals surface area contributed by atoms with Crippen LogP contribution in [0, 0.1) is 16.7 Å². The number of halogens is 2. The van der Waals surface area contributed by atoms with Gasteiger partial charge in [0.05, 0.1) is 22.1 Å². The van der Waals surface area contributed by atoms with Crippen LogP contribution >= 0.6 is 23.2 Å². The van der Waals surface area contributed by atoms with Gasteiger partial charge in [-0.15, -0.1) is 0 Å². The number of carboxylic acids is 1. The van der Waals surface area contributed by atoms with Crippen molar-refractivity contribution < 1.29 is 23.1 Å². The van der Waals surface area contributed by atoms with Crippen molar-refractivity contribution in [2.24, 2.45) is 16.7 Å². The highest BCUT2D eigenvalue weighted by Crippen LogP contribution is 2.66. The number of carboxylic acid groups (broad SMARTS) is 1. The lowest BCUT2D eigenvalue weighted by atomic mass is 9.61. The summed E-state index contributed by atoms with van der Waals surface area (Å²) >= 11 is 12.7. The summed E-state index contributed by atoms with van der Waals surface area (Å²) < 4.78 is 28.6. The highest BCUT2D eigenvalue weighted by Gasteiger charge is 2.70. The Bertz CT molecular complexity index is 1440. The minimum Gasteiger partial charge on any atom is -0.481 e. The van der Waals surface area contributed by atoms with Crippen molar-refractivity contribution in [2.45, 2.75) is 75.1 Å². The summed E-state index contributed by atoms with van der Waals surface area (Å²) in [7, 11) is -3.48. The fraction of sp³-hybridized carbons (Fsp3) is 0.533.